The maximum absolute atomic E-state index is 13.0. The molecular formula is C28H38N2O4Si. The molecule has 4 rings (SSSR count). The fourth-order valence-electron chi connectivity index (χ4n) is 4.22. The Kier molecular flexibility index (Phi) is 7.67. The molecule has 7 heteroatoms. The summed E-state index contributed by atoms with van der Waals surface area (Å²) in [6.07, 6.45) is 4.24. The molecule has 0 spiro atoms. The predicted molar refractivity (Wildman–Crippen MR) is 143 cm³/mol. The van der Waals surface area contributed by atoms with E-state index in [0.717, 1.165) is 46.3 Å². The molecule has 0 saturated heterocycles. The lowest BCUT2D eigenvalue weighted by Gasteiger charge is -2.18. The summed E-state index contributed by atoms with van der Waals surface area (Å²) in [5.74, 6) is 1.16. The van der Waals surface area contributed by atoms with Crippen molar-refractivity contribution in [3.63, 3.8) is 0 Å². The van der Waals surface area contributed by atoms with Gasteiger partial charge in [-0.05, 0) is 63.8 Å². The van der Waals surface area contributed by atoms with Gasteiger partial charge in [0.05, 0.1) is 18.7 Å². The minimum atomic E-state index is -1.21. The smallest absolute Gasteiger partial charge is 0.342 e. The number of nitrogens with zero attached hydrogens (tertiary/aromatic N) is 2. The van der Waals surface area contributed by atoms with Gasteiger partial charge < -0.3 is 18.8 Å². The standard InChI is InChI=1S/C28H38N2O4Si/c1-7-33-28(31)25-20(3)30(18-32-14-15-35(4,5)6)27-22(12-13-29-26(25)27)23-16-19(2)8-11-24(23)34-17-21-9-10-21/h8,11-13,16,21H,7,9-10,14-15,17-18H2,1-6H3. The normalized spacial score (nSPS) is 13.9. The molecule has 1 aromatic carbocycles. The van der Waals surface area contributed by atoms with Gasteiger partial charge >= 0.3 is 5.97 Å². The summed E-state index contributed by atoms with van der Waals surface area (Å²) in [5.41, 5.74) is 5.97. The van der Waals surface area contributed by atoms with Crippen LogP contribution in [0.1, 0.15) is 41.4 Å². The Morgan fingerprint density at radius 3 is 2.60 bits per heavy atom. The lowest BCUT2D eigenvalue weighted by Crippen LogP contribution is -2.22. The number of fused-ring (bicyclic) bond motifs is 1. The number of esters is 1. The fraction of sp³-hybridized carbons (Fsp3) is 0.500. The zero-order valence-electron chi connectivity index (χ0n) is 21.9. The lowest BCUT2D eigenvalue weighted by molar-refractivity contribution is 0.0525. The molecule has 0 atom stereocenters. The van der Waals surface area contributed by atoms with Gasteiger partial charge in [-0.15, -0.1) is 0 Å². The van der Waals surface area contributed by atoms with Crippen molar-refractivity contribution in [2.45, 2.75) is 66.0 Å². The molecule has 6 nitrogen and oxygen atoms in total. The number of carbonyl (C=O) groups excluding carboxylic acids is 1. The molecule has 1 aliphatic rings. The van der Waals surface area contributed by atoms with Crippen molar-refractivity contribution in [1.29, 1.82) is 0 Å². The SMILES string of the molecule is CCOC(=O)c1c(C)n(COCC[Si](C)(C)C)c2c(-c3cc(C)ccc3OCC3CC3)ccnc12. The molecule has 0 N–H and O–H groups in total. The summed E-state index contributed by atoms with van der Waals surface area (Å²) in [5, 5.41) is 0. The van der Waals surface area contributed by atoms with Crippen LogP contribution in [0.4, 0.5) is 0 Å². The first kappa shape index (κ1) is 25.4. The fourth-order valence-corrected chi connectivity index (χ4v) is 4.97. The summed E-state index contributed by atoms with van der Waals surface area (Å²) < 4.78 is 19.9. The van der Waals surface area contributed by atoms with Crippen molar-refractivity contribution in [3.8, 4) is 16.9 Å². The molecular weight excluding hydrogens is 456 g/mol. The topological polar surface area (TPSA) is 62.6 Å². The van der Waals surface area contributed by atoms with Crippen LogP contribution in [0.3, 0.4) is 0 Å². The zero-order chi connectivity index (χ0) is 25.2. The predicted octanol–water partition coefficient (Wildman–Crippen LogP) is 6.60. The van der Waals surface area contributed by atoms with Gasteiger partial charge in [-0.1, -0.05) is 31.3 Å². The van der Waals surface area contributed by atoms with Gasteiger partial charge in [0, 0.05) is 37.7 Å². The molecule has 1 saturated carbocycles. The van der Waals surface area contributed by atoms with Crippen LogP contribution < -0.4 is 4.74 Å². The van der Waals surface area contributed by atoms with Crippen molar-refractivity contribution < 1.29 is 19.0 Å². The Balaban J connectivity index is 1.82. The molecule has 1 fully saturated rings. The quantitative estimate of drug-likeness (QED) is 0.171. The van der Waals surface area contributed by atoms with Crippen molar-refractivity contribution in [3.05, 3.63) is 47.3 Å². The van der Waals surface area contributed by atoms with Crippen LogP contribution in [0, 0.1) is 19.8 Å². The maximum atomic E-state index is 13.0. The van der Waals surface area contributed by atoms with Crippen LogP contribution in [0.5, 0.6) is 5.75 Å². The highest BCUT2D eigenvalue weighted by atomic mass is 28.3. The molecule has 0 unspecified atom stereocenters. The summed E-state index contributed by atoms with van der Waals surface area (Å²) in [6, 6.07) is 9.38. The van der Waals surface area contributed by atoms with Gasteiger partial charge in [-0.25, -0.2) is 4.79 Å². The Morgan fingerprint density at radius 1 is 1.14 bits per heavy atom. The number of aromatic nitrogens is 2. The van der Waals surface area contributed by atoms with Crippen LogP contribution in [0.25, 0.3) is 22.2 Å². The third-order valence-electron chi connectivity index (χ3n) is 6.49. The number of carbonyl (C=O) groups is 1. The van der Waals surface area contributed by atoms with E-state index in [1.165, 1.54) is 12.8 Å². The van der Waals surface area contributed by atoms with Crippen molar-refractivity contribution in [2.75, 3.05) is 19.8 Å². The maximum Gasteiger partial charge on any atom is 0.342 e. The second-order valence-corrected chi connectivity index (χ2v) is 16.4. The number of pyridine rings is 1. The Labute approximate surface area is 209 Å². The Morgan fingerprint density at radius 2 is 1.91 bits per heavy atom. The summed E-state index contributed by atoms with van der Waals surface area (Å²) in [7, 11) is -1.21. The second kappa shape index (κ2) is 10.5. The van der Waals surface area contributed by atoms with E-state index in [1.807, 2.05) is 19.9 Å². The number of hydrogen-bond acceptors (Lipinski definition) is 5. The van der Waals surface area contributed by atoms with Crippen molar-refractivity contribution in [2.24, 2.45) is 5.92 Å². The molecule has 188 valence electrons. The number of benzene rings is 1. The van der Waals surface area contributed by atoms with E-state index in [0.29, 0.717) is 36.9 Å². The monoisotopic (exact) mass is 494 g/mol. The number of hydrogen-bond donors (Lipinski definition) is 0. The number of ether oxygens (including phenoxy) is 3. The van der Waals surface area contributed by atoms with Gasteiger partial charge in [0.2, 0.25) is 0 Å². The highest BCUT2D eigenvalue weighted by Crippen LogP contribution is 2.39. The molecule has 3 aromatic rings. The largest absolute Gasteiger partial charge is 0.493 e. The van der Waals surface area contributed by atoms with E-state index in [9.17, 15) is 4.79 Å². The minimum Gasteiger partial charge on any atom is -0.493 e. The number of aryl methyl sites for hydroxylation is 1. The molecule has 1 aliphatic carbocycles. The Bertz CT molecular complexity index is 1210. The van der Waals surface area contributed by atoms with E-state index in [2.05, 4.69) is 54.3 Å². The number of rotatable bonds is 11. The average molecular weight is 495 g/mol. The average Bonchev–Trinajstić information content (AvgIpc) is 3.58. The summed E-state index contributed by atoms with van der Waals surface area (Å²) in [6.45, 7) is 15.0. The zero-order valence-corrected chi connectivity index (χ0v) is 22.9. The van der Waals surface area contributed by atoms with Gasteiger partial charge in [-0.3, -0.25) is 4.98 Å². The molecule has 0 bridgehead atoms. The van der Waals surface area contributed by atoms with Crippen LogP contribution in [-0.2, 0) is 16.2 Å². The summed E-state index contributed by atoms with van der Waals surface area (Å²) in [4.78, 5) is 17.6. The first-order valence-electron chi connectivity index (χ1n) is 12.7. The highest BCUT2D eigenvalue weighted by molar-refractivity contribution is 6.76. The van der Waals surface area contributed by atoms with E-state index >= 15 is 0 Å². The molecule has 0 radical (unpaired) electrons. The molecule has 2 heterocycles. The van der Waals surface area contributed by atoms with Gasteiger partial charge in [0.25, 0.3) is 0 Å². The molecule has 0 amide bonds. The van der Waals surface area contributed by atoms with E-state index < -0.39 is 8.07 Å². The van der Waals surface area contributed by atoms with Crippen molar-refractivity contribution >= 4 is 25.1 Å². The molecule has 35 heavy (non-hydrogen) atoms. The Hall–Kier alpha value is -2.64. The van der Waals surface area contributed by atoms with Crippen LogP contribution in [-0.4, -0.2) is 43.4 Å². The lowest BCUT2D eigenvalue weighted by atomic mass is 10.0. The minimum absolute atomic E-state index is 0.314. The van der Waals surface area contributed by atoms with Gasteiger partial charge in [0.15, 0.2) is 0 Å². The molecule has 2 aromatic heterocycles. The summed E-state index contributed by atoms with van der Waals surface area (Å²) >= 11 is 0. The van der Waals surface area contributed by atoms with Crippen molar-refractivity contribution in [1.82, 2.24) is 9.55 Å². The molecule has 0 aliphatic heterocycles. The second-order valence-electron chi connectivity index (χ2n) is 10.8. The van der Waals surface area contributed by atoms with Crippen LogP contribution in [0.15, 0.2) is 30.5 Å². The van der Waals surface area contributed by atoms with Gasteiger partial charge in [0.1, 0.15) is 23.6 Å². The first-order valence-corrected chi connectivity index (χ1v) is 16.4. The van der Waals surface area contributed by atoms with Crippen LogP contribution in [0.2, 0.25) is 25.7 Å². The first-order chi connectivity index (χ1) is 16.7. The van der Waals surface area contributed by atoms with E-state index in [4.69, 9.17) is 14.2 Å². The third-order valence-corrected chi connectivity index (χ3v) is 8.19. The third kappa shape index (κ3) is 5.96. The van der Waals surface area contributed by atoms with E-state index in [-0.39, 0.29) is 5.97 Å². The highest BCUT2D eigenvalue weighted by Gasteiger charge is 2.27. The van der Waals surface area contributed by atoms with E-state index in [1.54, 1.807) is 6.20 Å². The van der Waals surface area contributed by atoms with Gasteiger partial charge in [-0.2, -0.15) is 0 Å². The van der Waals surface area contributed by atoms with Crippen LogP contribution >= 0.6 is 0 Å².